The third kappa shape index (κ3) is 3.01. The maximum atomic E-state index is 11.5. The standard InChI is InChI=1S/C12H12N2O5/c15-8(6-19-7-4-2-1-3-5-7)13-9-10(12(17)18)14-11(9)16/h1-5,9-10H,6H2,(H,13,15)(H,14,16)(H,17,18). The van der Waals surface area contributed by atoms with E-state index in [0.717, 1.165) is 0 Å². The Hall–Kier alpha value is -2.57. The second kappa shape index (κ2) is 5.38. The lowest BCUT2D eigenvalue weighted by Crippen LogP contribution is -2.72. The van der Waals surface area contributed by atoms with Crippen molar-refractivity contribution < 1.29 is 24.2 Å². The molecule has 3 N–H and O–H groups in total. The van der Waals surface area contributed by atoms with E-state index in [1.54, 1.807) is 24.3 Å². The highest BCUT2D eigenvalue weighted by molar-refractivity contribution is 6.01. The van der Waals surface area contributed by atoms with Gasteiger partial charge in [0.05, 0.1) is 0 Å². The van der Waals surface area contributed by atoms with Crippen molar-refractivity contribution in [3.63, 3.8) is 0 Å². The Morgan fingerprint density at radius 2 is 2.00 bits per heavy atom. The van der Waals surface area contributed by atoms with Crippen molar-refractivity contribution >= 4 is 17.8 Å². The van der Waals surface area contributed by atoms with Crippen LogP contribution >= 0.6 is 0 Å². The third-order valence-electron chi connectivity index (χ3n) is 2.61. The summed E-state index contributed by atoms with van der Waals surface area (Å²) in [6.45, 7) is -0.278. The Bertz CT molecular complexity index is 502. The number of β-lactam (4-membered cyclic amide) rings is 1. The SMILES string of the molecule is O=C(COc1ccccc1)NC1C(=O)NC1C(=O)O. The number of rotatable bonds is 5. The minimum atomic E-state index is -1.19. The zero-order chi connectivity index (χ0) is 13.8. The van der Waals surface area contributed by atoms with E-state index >= 15 is 0 Å². The molecule has 1 heterocycles. The van der Waals surface area contributed by atoms with Crippen molar-refractivity contribution in [1.29, 1.82) is 0 Å². The van der Waals surface area contributed by atoms with Crippen molar-refractivity contribution in [2.24, 2.45) is 0 Å². The van der Waals surface area contributed by atoms with E-state index in [1.807, 2.05) is 6.07 Å². The maximum absolute atomic E-state index is 11.5. The minimum absolute atomic E-state index is 0.278. The molecule has 2 unspecified atom stereocenters. The maximum Gasteiger partial charge on any atom is 0.328 e. The Labute approximate surface area is 108 Å². The summed E-state index contributed by atoms with van der Waals surface area (Å²) in [6, 6.07) is 6.58. The van der Waals surface area contributed by atoms with E-state index in [1.165, 1.54) is 0 Å². The topological polar surface area (TPSA) is 105 Å². The van der Waals surface area contributed by atoms with Crippen molar-refractivity contribution in [3.05, 3.63) is 30.3 Å². The number of para-hydroxylation sites is 1. The molecule has 1 fully saturated rings. The molecule has 100 valence electrons. The van der Waals surface area contributed by atoms with Crippen LogP contribution in [-0.4, -0.2) is 41.6 Å². The molecule has 1 aromatic rings. The van der Waals surface area contributed by atoms with Crippen molar-refractivity contribution in [1.82, 2.24) is 10.6 Å². The minimum Gasteiger partial charge on any atom is -0.484 e. The largest absolute Gasteiger partial charge is 0.484 e. The average Bonchev–Trinajstić information content (AvgIpc) is 2.40. The summed E-state index contributed by atoms with van der Waals surface area (Å²) in [7, 11) is 0. The molecule has 0 aromatic heterocycles. The third-order valence-corrected chi connectivity index (χ3v) is 2.61. The van der Waals surface area contributed by atoms with Crippen LogP contribution in [-0.2, 0) is 14.4 Å². The number of carbonyl (C=O) groups is 3. The Morgan fingerprint density at radius 1 is 1.32 bits per heavy atom. The van der Waals surface area contributed by atoms with Crippen molar-refractivity contribution in [3.8, 4) is 5.75 Å². The molecular weight excluding hydrogens is 252 g/mol. The molecule has 7 nitrogen and oxygen atoms in total. The van der Waals surface area contributed by atoms with Crippen LogP contribution in [0, 0.1) is 0 Å². The number of ether oxygens (including phenoxy) is 1. The fourth-order valence-corrected chi connectivity index (χ4v) is 1.62. The molecule has 0 bridgehead atoms. The number of amides is 2. The van der Waals surface area contributed by atoms with Gasteiger partial charge >= 0.3 is 5.97 Å². The Morgan fingerprint density at radius 3 is 2.58 bits per heavy atom. The van der Waals surface area contributed by atoms with Crippen molar-refractivity contribution in [2.45, 2.75) is 12.1 Å². The summed E-state index contributed by atoms with van der Waals surface area (Å²) in [5.41, 5.74) is 0. The fourth-order valence-electron chi connectivity index (χ4n) is 1.62. The number of carboxylic acids is 1. The molecule has 1 aliphatic heterocycles. The number of carbonyl (C=O) groups excluding carboxylic acids is 2. The van der Waals surface area contributed by atoms with Gasteiger partial charge in [-0.1, -0.05) is 18.2 Å². The molecule has 7 heteroatoms. The molecule has 0 aliphatic carbocycles. The van der Waals surface area contributed by atoms with E-state index < -0.39 is 29.9 Å². The van der Waals surface area contributed by atoms with Crippen LogP contribution in [0.4, 0.5) is 0 Å². The summed E-state index contributed by atoms with van der Waals surface area (Å²) >= 11 is 0. The second-order valence-electron chi connectivity index (χ2n) is 3.97. The Balaban J connectivity index is 1.81. The first-order chi connectivity index (χ1) is 9.08. The molecule has 1 aromatic carbocycles. The van der Waals surface area contributed by atoms with Crippen LogP contribution in [0.2, 0.25) is 0 Å². The lowest BCUT2D eigenvalue weighted by atomic mass is 9.99. The number of hydrogen-bond acceptors (Lipinski definition) is 4. The zero-order valence-corrected chi connectivity index (χ0v) is 9.83. The molecule has 0 radical (unpaired) electrons. The predicted molar refractivity (Wildman–Crippen MR) is 63.4 cm³/mol. The average molecular weight is 264 g/mol. The number of carboxylic acid groups (broad SMARTS) is 1. The molecule has 2 amide bonds. The van der Waals surface area contributed by atoms with Gasteiger partial charge in [-0.25, -0.2) is 4.79 Å². The molecule has 19 heavy (non-hydrogen) atoms. The highest BCUT2D eigenvalue weighted by atomic mass is 16.5. The van der Waals surface area contributed by atoms with Gasteiger partial charge in [0.1, 0.15) is 11.8 Å². The second-order valence-corrected chi connectivity index (χ2v) is 3.97. The summed E-state index contributed by atoms with van der Waals surface area (Å²) in [4.78, 5) is 33.4. The zero-order valence-electron chi connectivity index (χ0n) is 9.83. The van der Waals surface area contributed by atoms with Gasteiger partial charge in [-0.3, -0.25) is 9.59 Å². The van der Waals surface area contributed by atoms with Crippen LogP contribution < -0.4 is 15.4 Å². The summed E-state index contributed by atoms with van der Waals surface area (Å²) < 4.78 is 5.18. The Kier molecular flexibility index (Phi) is 3.65. The van der Waals surface area contributed by atoms with Crippen LogP contribution in [0.3, 0.4) is 0 Å². The smallest absolute Gasteiger partial charge is 0.328 e. The summed E-state index contributed by atoms with van der Waals surface area (Å²) in [5, 5.41) is 13.2. The van der Waals surface area contributed by atoms with Gasteiger partial charge < -0.3 is 20.5 Å². The first-order valence-electron chi connectivity index (χ1n) is 5.58. The van der Waals surface area contributed by atoms with E-state index in [0.29, 0.717) is 5.75 Å². The van der Waals surface area contributed by atoms with Crippen LogP contribution in [0.15, 0.2) is 30.3 Å². The lowest BCUT2D eigenvalue weighted by molar-refractivity contribution is -0.151. The predicted octanol–water partition coefficient (Wildman–Crippen LogP) is -0.867. The number of hydrogen-bond donors (Lipinski definition) is 3. The molecule has 1 aliphatic rings. The van der Waals surface area contributed by atoms with Gasteiger partial charge in [0.2, 0.25) is 5.91 Å². The van der Waals surface area contributed by atoms with Crippen molar-refractivity contribution in [2.75, 3.05) is 6.61 Å². The monoisotopic (exact) mass is 264 g/mol. The highest BCUT2D eigenvalue weighted by Crippen LogP contribution is 2.09. The molecule has 1 saturated heterocycles. The summed E-state index contributed by atoms with van der Waals surface area (Å²) in [6.07, 6.45) is 0. The van der Waals surface area contributed by atoms with E-state index in [4.69, 9.17) is 9.84 Å². The van der Waals surface area contributed by atoms with Gasteiger partial charge in [0.15, 0.2) is 12.6 Å². The van der Waals surface area contributed by atoms with Crippen LogP contribution in [0.1, 0.15) is 0 Å². The van der Waals surface area contributed by atoms with E-state index in [2.05, 4.69) is 10.6 Å². The van der Waals surface area contributed by atoms with E-state index in [-0.39, 0.29) is 6.61 Å². The quantitative estimate of drug-likeness (QED) is 0.600. The van der Waals surface area contributed by atoms with Gasteiger partial charge in [-0.05, 0) is 12.1 Å². The van der Waals surface area contributed by atoms with E-state index in [9.17, 15) is 14.4 Å². The van der Waals surface area contributed by atoms with Gasteiger partial charge in [0.25, 0.3) is 5.91 Å². The number of nitrogens with one attached hydrogen (secondary N) is 2. The van der Waals surface area contributed by atoms with Crippen LogP contribution in [0.25, 0.3) is 0 Å². The fraction of sp³-hybridized carbons (Fsp3) is 0.250. The highest BCUT2D eigenvalue weighted by Gasteiger charge is 2.45. The summed E-state index contributed by atoms with van der Waals surface area (Å²) in [5.74, 6) is -1.73. The normalized spacial score (nSPS) is 20.9. The molecular formula is C12H12N2O5. The van der Waals surface area contributed by atoms with Gasteiger partial charge in [-0.2, -0.15) is 0 Å². The molecule has 2 rings (SSSR count). The molecule has 2 atom stereocenters. The lowest BCUT2D eigenvalue weighted by Gasteiger charge is -2.33. The van der Waals surface area contributed by atoms with Crippen LogP contribution in [0.5, 0.6) is 5.75 Å². The number of benzene rings is 1. The van der Waals surface area contributed by atoms with Gasteiger partial charge in [-0.15, -0.1) is 0 Å². The molecule has 0 saturated carbocycles. The van der Waals surface area contributed by atoms with Gasteiger partial charge in [0, 0.05) is 0 Å². The first-order valence-corrected chi connectivity index (χ1v) is 5.58. The number of aliphatic carboxylic acids is 1. The first kappa shape index (κ1) is 12.9. The molecule has 0 spiro atoms.